The van der Waals surface area contributed by atoms with E-state index in [1.54, 1.807) is 0 Å². The van der Waals surface area contributed by atoms with Gasteiger partial charge in [0.15, 0.2) is 5.69 Å². The number of hydrogen-bond donors (Lipinski definition) is 0. The van der Waals surface area contributed by atoms with Crippen molar-refractivity contribution in [3.05, 3.63) is 70.9 Å². The largest absolute Gasteiger partial charge is 0.360 e. The molecule has 24 heavy (non-hydrogen) atoms. The average Bonchev–Trinajstić information content (AvgIpc) is 2.88. The van der Waals surface area contributed by atoms with Gasteiger partial charge in [-0.1, -0.05) is 28.9 Å². The molecule has 1 aliphatic heterocycles. The zero-order chi connectivity index (χ0) is 16.7. The third kappa shape index (κ3) is 2.26. The van der Waals surface area contributed by atoms with Gasteiger partial charge in [0.1, 0.15) is 5.76 Å². The van der Waals surface area contributed by atoms with E-state index in [1.165, 1.54) is 5.56 Å². The number of rotatable bonds is 1. The first-order chi connectivity index (χ1) is 11.7. The van der Waals surface area contributed by atoms with Crippen molar-refractivity contribution in [1.82, 2.24) is 5.16 Å². The van der Waals surface area contributed by atoms with Crippen LogP contribution in [0.2, 0.25) is 0 Å². The Morgan fingerprint density at radius 3 is 2.67 bits per heavy atom. The van der Waals surface area contributed by atoms with E-state index in [4.69, 9.17) is 11.1 Å². The molecule has 0 saturated carbocycles. The maximum atomic E-state index is 7.12. The quantitative estimate of drug-likeness (QED) is 0.578. The first-order valence-electron chi connectivity index (χ1n) is 7.98. The fourth-order valence-electron chi connectivity index (χ4n) is 3.33. The van der Waals surface area contributed by atoms with E-state index in [0.717, 1.165) is 46.9 Å². The zero-order valence-electron chi connectivity index (χ0n) is 13.7. The summed E-state index contributed by atoms with van der Waals surface area (Å²) in [6.07, 6.45) is 0.800. The minimum Gasteiger partial charge on any atom is -0.360 e. The SMILES string of the molecule is [C-]#[N+]c1ccc(N2CCc3onc(C)c3-c3cc(C)ccc32)cc1. The fraction of sp³-hybridized carbons (Fsp3) is 0.200. The average molecular weight is 315 g/mol. The van der Waals surface area contributed by atoms with Crippen molar-refractivity contribution >= 4 is 17.1 Å². The molecular weight excluding hydrogens is 298 g/mol. The topological polar surface area (TPSA) is 33.6 Å². The summed E-state index contributed by atoms with van der Waals surface area (Å²) in [7, 11) is 0. The van der Waals surface area contributed by atoms with E-state index < -0.39 is 0 Å². The lowest BCUT2D eigenvalue weighted by atomic mass is 9.99. The lowest BCUT2D eigenvalue weighted by Gasteiger charge is -2.25. The van der Waals surface area contributed by atoms with Gasteiger partial charge in [-0.2, -0.15) is 0 Å². The predicted molar refractivity (Wildman–Crippen MR) is 94.8 cm³/mol. The zero-order valence-corrected chi connectivity index (χ0v) is 13.7. The van der Waals surface area contributed by atoms with Gasteiger partial charge in [0.2, 0.25) is 0 Å². The Hall–Kier alpha value is -3.06. The molecule has 0 aliphatic carbocycles. The van der Waals surface area contributed by atoms with Crippen molar-refractivity contribution in [2.75, 3.05) is 11.4 Å². The molecule has 0 amide bonds. The van der Waals surface area contributed by atoms with Crippen molar-refractivity contribution < 1.29 is 4.52 Å². The maximum Gasteiger partial charge on any atom is 0.187 e. The number of fused-ring (bicyclic) bond motifs is 3. The smallest absolute Gasteiger partial charge is 0.187 e. The monoisotopic (exact) mass is 315 g/mol. The van der Waals surface area contributed by atoms with Crippen LogP contribution < -0.4 is 4.90 Å². The lowest BCUT2D eigenvalue weighted by Crippen LogP contribution is -2.19. The highest BCUT2D eigenvalue weighted by Crippen LogP contribution is 2.41. The Kier molecular flexibility index (Phi) is 3.35. The van der Waals surface area contributed by atoms with E-state index in [2.05, 4.69) is 40.0 Å². The summed E-state index contributed by atoms with van der Waals surface area (Å²) in [6, 6.07) is 14.2. The van der Waals surface area contributed by atoms with E-state index in [9.17, 15) is 0 Å². The fourth-order valence-corrected chi connectivity index (χ4v) is 3.33. The van der Waals surface area contributed by atoms with Gasteiger partial charge >= 0.3 is 0 Å². The third-order valence-corrected chi connectivity index (χ3v) is 4.50. The van der Waals surface area contributed by atoms with Crippen LogP contribution in [0.3, 0.4) is 0 Å². The van der Waals surface area contributed by atoms with E-state index in [-0.39, 0.29) is 0 Å². The van der Waals surface area contributed by atoms with Crippen LogP contribution in [-0.2, 0) is 6.42 Å². The summed E-state index contributed by atoms with van der Waals surface area (Å²) in [4.78, 5) is 5.76. The summed E-state index contributed by atoms with van der Waals surface area (Å²) in [6.45, 7) is 12.0. The lowest BCUT2D eigenvalue weighted by molar-refractivity contribution is 0.381. The number of anilines is 2. The number of aryl methyl sites for hydroxylation is 2. The number of benzene rings is 2. The summed E-state index contributed by atoms with van der Waals surface area (Å²) in [5.41, 5.74) is 7.33. The Bertz CT molecular complexity index is 948. The minimum atomic E-state index is 0.657. The number of nitrogens with zero attached hydrogens (tertiary/aromatic N) is 3. The molecule has 0 saturated heterocycles. The van der Waals surface area contributed by atoms with Gasteiger partial charge in [-0.25, -0.2) is 4.85 Å². The molecule has 0 fully saturated rings. The van der Waals surface area contributed by atoms with Crippen molar-refractivity contribution in [3.8, 4) is 11.1 Å². The molecule has 2 aromatic carbocycles. The minimum absolute atomic E-state index is 0.657. The molecule has 0 atom stereocenters. The van der Waals surface area contributed by atoms with Crippen LogP contribution in [0.15, 0.2) is 47.0 Å². The van der Waals surface area contributed by atoms with Gasteiger partial charge < -0.3 is 9.42 Å². The third-order valence-electron chi connectivity index (χ3n) is 4.50. The standard InChI is InChI=1S/C20H17N3O/c1-13-4-9-18-17(12-13)20-14(2)22-24-19(20)10-11-23(18)16-7-5-15(21-3)6-8-16/h4-9,12H,10-11H2,1-2H3. The second-order valence-electron chi connectivity index (χ2n) is 6.12. The predicted octanol–water partition coefficient (Wildman–Crippen LogP) is 5.20. The van der Waals surface area contributed by atoms with Crippen molar-refractivity contribution in [2.24, 2.45) is 0 Å². The van der Waals surface area contributed by atoms with Crippen LogP contribution in [0.5, 0.6) is 0 Å². The molecule has 118 valence electrons. The molecule has 4 rings (SSSR count). The molecule has 1 aromatic heterocycles. The molecule has 0 N–H and O–H groups in total. The van der Waals surface area contributed by atoms with Crippen LogP contribution in [0.25, 0.3) is 16.0 Å². The van der Waals surface area contributed by atoms with Crippen LogP contribution in [0, 0.1) is 20.4 Å². The second kappa shape index (κ2) is 5.54. The van der Waals surface area contributed by atoms with Gasteiger partial charge in [0, 0.05) is 35.5 Å². The second-order valence-corrected chi connectivity index (χ2v) is 6.12. The van der Waals surface area contributed by atoms with Gasteiger partial charge in [-0.15, -0.1) is 0 Å². The molecule has 4 nitrogen and oxygen atoms in total. The molecule has 0 unspecified atom stereocenters. The highest BCUT2D eigenvalue weighted by molar-refractivity contribution is 5.86. The van der Waals surface area contributed by atoms with Crippen LogP contribution in [0.1, 0.15) is 17.0 Å². The van der Waals surface area contributed by atoms with Crippen molar-refractivity contribution in [1.29, 1.82) is 0 Å². The molecule has 0 bridgehead atoms. The molecule has 3 aromatic rings. The van der Waals surface area contributed by atoms with Gasteiger partial charge in [0.05, 0.1) is 12.3 Å². The van der Waals surface area contributed by atoms with Gasteiger partial charge in [-0.3, -0.25) is 0 Å². The normalized spacial score (nSPS) is 13.0. The summed E-state index contributed by atoms with van der Waals surface area (Å²) in [5, 5.41) is 4.16. The van der Waals surface area contributed by atoms with Gasteiger partial charge in [-0.05, 0) is 38.1 Å². The van der Waals surface area contributed by atoms with Crippen LogP contribution >= 0.6 is 0 Å². The van der Waals surface area contributed by atoms with Crippen molar-refractivity contribution in [2.45, 2.75) is 20.3 Å². The first kappa shape index (κ1) is 14.5. The van der Waals surface area contributed by atoms with Crippen LogP contribution in [-0.4, -0.2) is 11.7 Å². The Morgan fingerprint density at radius 2 is 1.92 bits per heavy atom. The maximum absolute atomic E-state index is 7.12. The molecular formula is C20H17N3O. The molecule has 2 heterocycles. The summed E-state index contributed by atoms with van der Waals surface area (Å²) < 4.78 is 5.57. The van der Waals surface area contributed by atoms with E-state index in [1.807, 2.05) is 31.2 Å². The van der Waals surface area contributed by atoms with Crippen molar-refractivity contribution in [3.63, 3.8) is 0 Å². The Balaban J connectivity index is 1.89. The molecule has 1 aliphatic rings. The number of hydrogen-bond acceptors (Lipinski definition) is 3. The summed E-state index contributed by atoms with van der Waals surface area (Å²) in [5.74, 6) is 0.944. The van der Waals surface area contributed by atoms with Crippen LogP contribution in [0.4, 0.5) is 17.1 Å². The highest BCUT2D eigenvalue weighted by Gasteiger charge is 2.25. The first-order valence-corrected chi connectivity index (χ1v) is 7.98. The molecule has 0 radical (unpaired) electrons. The van der Waals surface area contributed by atoms with E-state index >= 15 is 0 Å². The Morgan fingerprint density at radius 1 is 1.12 bits per heavy atom. The highest BCUT2D eigenvalue weighted by atomic mass is 16.5. The van der Waals surface area contributed by atoms with Gasteiger partial charge in [0.25, 0.3) is 0 Å². The number of aromatic nitrogens is 1. The summed E-state index contributed by atoms with van der Waals surface area (Å²) >= 11 is 0. The molecule has 4 heteroatoms. The molecule has 0 spiro atoms. The van der Waals surface area contributed by atoms with E-state index in [0.29, 0.717) is 5.69 Å². The Labute approximate surface area is 141 Å².